The zero-order valence-electron chi connectivity index (χ0n) is 14.1. The van der Waals surface area contributed by atoms with Gasteiger partial charge in [-0.1, -0.05) is 12.1 Å². The molecule has 1 N–H and O–H groups in total. The highest BCUT2D eigenvalue weighted by Gasteiger charge is 2.30. The van der Waals surface area contributed by atoms with Crippen LogP contribution >= 0.6 is 0 Å². The highest BCUT2D eigenvalue weighted by atomic mass is 19.1. The molecule has 0 radical (unpaired) electrons. The predicted octanol–water partition coefficient (Wildman–Crippen LogP) is 2.63. The van der Waals surface area contributed by atoms with Crippen molar-refractivity contribution >= 4 is 5.91 Å². The molecule has 5 nitrogen and oxygen atoms in total. The number of hydrogen-bond acceptors (Lipinski definition) is 3. The summed E-state index contributed by atoms with van der Waals surface area (Å²) in [5.41, 5.74) is 2.68. The number of rotatable bonds is 5. The summed E-state index contributed by atoms with van der Waals surface area (Å²) in [4.78, 5) is 16.3. The summed E-state index contributed by atoms with van der Waals surface area (Å²) in [5, 5.41) is 7.12. The normalized spacial score (nSPS) is 18.0. The topological polar surface area (TPSA) is 52.2 Å². The van der Waals surface area contributed by atoms with Crippen molar-refractivity contribution in [2.45, 2.75) is 25.3 Å². The van der Waals surface area contributed by atoms with Crippen LogP contribution in [0.15, 0.2) is 30.5 Å². The number of nitrogens with zero attached hydrogens (tertiary/aromatic N) is 3. The molecule has 1 atom stereocenters. The number of H-pyrrole nitrogens is 1. The van der Waals surface area contributed by atoms with Gasteiger partial charge in [-0.05, 0) is 43.5 Å². The maximum atomic E-state index is 13.0. The zero-order chi connectivity index (χ0) is 17.1. The maximum absolute atomic E-state index is 13.0. The number of amides is 1. The van der Waals surface area contributed by atoms with E-state index < -0.39 is 0 Å². The first-order chi connectivity index (χ1) is 11.6. The van der Waals surface area contributed by atoms with E-state index in [1.165, 1.54) is 12.1 Å². The monoisotopic (exact) mass is 330 g/mol. The van der Waals surface area contributed by atoms with Crippen LogP contribution in [0.1, 0.15) is 40.5 Å². The fourth-order valence-corrected chi connectivity index (χ4v) is 3.31. The number of aromatic amines is 1. The van der Waals surface area contributed by atoms with Gasteiger partial charge in [-0.25, -0.2) is 4.39 Å². The van der Waals surface area contributed by atoms with Gasteiger partial charge in [0, 0.05) is 20.6 Å². The van der Waals surface area contributed by atoms with E-state index in [2.05, 4.69) is 15.1 Å². The summed E-state index contributed by atoms with van der Waals surface area (Å²) in [7, 11) is 3.50. The molecule has 2 aromatic rings. The molecule has 1 aliphatic rings. The van der Waals surface area contributed by atoms with Crippen molar-refractivity contribution in [3.63, 3.8) is 0 Å². The van der Waals surface area contributed by atoms with Gasteiger partial charge in [-0.2, -0.15) is 5.10 Å². The number of nitrogens with one attached hydrogen (secondary N) is 1. The van der Waals surface area contributed by atoms with E-state index in [0.29, 0.717) is 5.56 Å². The number of carbonyl (C=O) groups is 1. The predicted molar refractivity (Wildman–Crippen MR) is 90.3 cm³/mol. The van der Waals surface area contributed by atoms with Gasteiger partial charge in [0.15, 0.2) is 0 Å². The van der Waals surface area contributed by atoms with Gasteiger partial charge in [-0.3, -0.25) is 14.8 Å². The molecule has 1 fully saturated rings. The van der Waals surface area contributed by atoms with Crippen LogP contribution in [-0.4, -0.2) is 53.1 Å². The second-order valence-electron chi connectivity index (χ2n) is 6.47. The summed E-state index contributed by atoms with van der Waals surface area (Å²) >= 11 is 0. The third-order valence-electron chi connectivity index (χ3n) is 4.60. The Balaban J connectivity index is 1.71. The van der Waals surface area contributed by atoms with E-state index in [-0.39, 0.29) is 17.8 Å². The van der Waals surface area contributed by atoms with E-state index in [9.17, 15) is 9.18 Å². The molecular formula is C18H23FN4O. The van der Waals surface area contributed by atoms with Gasteiger partial charge >= 0.3 is 0 Å². The molecule has 1 aliphatic heterocycles. The minimum atomic E-state index is -0.206. The molecule has 0 aliphatic carbocycles. The molecule has 1 saturated heterocycles. The average molecular weight is 330 g/mol. The number of likely N-dealkylation sites (tertiary alicyclic amines) is 1. The number of aromatic nitrogens is 2. The van der Waals surface area contributed by atoms with E-state index >= 15 is 0 Å². The maximum Gasteiger partial charge on any atom is 0.256 e. The fourth-order valence-electron chi connectivity index (χ4n) is 3.31. The third kappa shape index (κ3) is 3.48. The van der Waals surface area contributed by atoms with Crippen molar-refractivity contribution in [2.75, 3.05) is 27.2 Å². The Morgan fingerprint density at radius 2 is 2.12 bits per heavy atom. The zero-order valence-corrected chi connectivity index (χ0v) is 14.1. The van der Waals surface area contributed by atoms with Crippen LogP contribution in [0, 0.1) is 5.82 Å². The van der Waals surface area contributed by atoms with Crippen molar-refractivity contribution in [1.82, 2.24) is 20.0 Å². The lowest BCUT2D eigenvalue weighted by Crippen LogP contribution is -2.29. The fraction of sp³-hybridized carbons (Fsp3) is 0.444. The summed E-state index contributed by atoms with van der Waals surface area (Å²) in [6.07, 6.45) is 4.60. The molecule has 1 aromatic carbocycles. The molecule has 0 bridgehead atoms. The van der Waals surface area contributed by atoms with Crippen LogP contribution in [0.3, 0.4) is 0 Å². The van der Waals surface area contributed by atoms with Crippen molar-refractivity contribution < 1.29 is 9.18 Å². The SMILES string of the molecule is CN(C)C(=O)c1cn[nH]c1C1CCCN1CCc1ccc(F)cc1. The van der Waals surface area contributed by atoms with Gasteiger partial charge in [-0.15, -0.1) is 0 Å². The molecule has 0 spiro atoms. The third-order valence-corrected chi connectivity index (χ3v) is 4.60. The lowest BCUT2D eigenvalue weighted by Gasteiger charge is -2.24. The van der Waals surface area contributed by atoms with Gasteiger partial charge in [0.1, 0.15) is 5.82 Å². The van der Waals surface area contributed by atoms with Crippen LogP contribution in [0.2, 0.25) is 0 Å². The van der Waals surface area contributed by atoms with Gasteiger partial charge in [0.2, 0.25) is 0 Å². The lowest BCUT2D eigenvalue weighted by molar-refractivity contribution is 0.0824. The van der Waals surface area contributed by atoms with E-state index in [1.807, 2.05) is 12.1 Å². The molecule has 1 amide bonds. The Hall–Kier alpha value is -2.21. The van der Waals surface area contributed by atoms with Gasteiger partial charge in [0.05, 0.1) is 23.5 Å². The van der Waals surface area contributed by atoms with Crippen LogP contribution in [0.25, 0.3) is 0 Å². The highest BCUT2D eigenvalue weighted by molar-refractivity contribution is 5.94. The van der Waals surface area contributed by atoms with E-state index in [1.54, 1.807) is 25.2 Å². The Kier molecular flexibility index (Phi) is 4.94. The minimum Gasteiger partial charge on any atom is -0.345 e. The largest absolute Gasteiger partial charge is 0.345 e. The Morgan fingerprint density at radius 3 is 2.83 bits per heavy atom. The lowest BCUT2D eigenvalue weighted by atomic mass is 10.1. The van der Waals surface area contributed by atoms with Gasteiger partial charge < -0.3 is 4.90 Å². The number of hydrogen-bond donors (Lipinski definition) is 1. The molecule has 1 unspecified atom stereocenters. The smallest absolute Gasteiger partial charge is 0.256 e. The second kappa shape index (κ2) is 7.13. The molecule has 24 heavy (non-hydrogen) atoms. The van der Waals surface area contributed by atoms with Gasteiger partial charge in [0.25, 0.3) is 5.91 Å². The Bertz CT molecular complexity index is 695. The molecule has 6 heteroatoms. The van der Waals surface area contributed by atoms with Crippen LogP contribution < -0.4 is 0 Å². The first-order valence-corrected chi connectivity index (χ1v) is 8.29. The first-order valence-electron chi connectivity index (χ1n) is 8.29. The average Bonchev–Trinajstić information content (AvgIpc) is 3.22. The summed E-state index contributed by atoms with van der Waals surface area (Å²) in [5.74, 6) is -0.230. The molecular weight excluding hydrogens is 307 g/mol. The Labute approximate surface area is 141 Å². The van der Waals surface area contributed by atoms with Crippen LogP contribution in [0.5, 0.6) is 0 Å². The van der Waals surface area contributed by atoms with E-state index in [0.717, 1.165) is 43.6 Å². The quantitative estimate of drug-likeness (QED) is 0.917. The summed E-state index contributed by atoms with van der Waals surface area (Å²) < 4.78 is 13.0. The molecule has 128 valence electrons. The van der Waals surface area contributed by atoms with Crippen molar-refractivity contribution in [3.05, 3.63) is 53.1 Å². The first kappa shape index (κ1) is 16.6. The van der Waals surface area contributed by atoms with E-state index in [4.69, 9.17) is 0 Å². The molecule has 2 heterocycles. The standard InChI is InChI=1S/C18H23FN4O/c1-22(2)18(24)15-12-20-21-17(15)16-4-3-10-23(16)11-9-13-5-7-14(19)8-6-13/h5-8,12,16H,3-4,9-11H2,1-2H3,(H,20,21). The number of benzene rings is 1. The van der Waals surface area contributed by atoms with Crippen molar-refractivity contribution in [2.24, 2.45) is 0 Å². The summed E-state index contributed by atoms with van der Waals surface area (Å²) in [6, 6.07) is 6.85. The van der Waals surface area contributed by atoms with Crippen molar-refractivity contribution in [1.29, 1.82) is 0 Å². The Morgan fingerprint density at radius 1 is 1.38 bits per heavy atom. The van der Waals surface area contributed by atoms with Crippen LogP contribution in [0.4, 0.5) is 4.39 Å². The number of carbonyl (C=O) groups excluding carboxylic acids is 1. The molecule has 3 rings (SSSR count). The summed E-state index contributed by atoms with van der Waals surface area (Å²) in [6.45, 7) is 1.88. The molecule has 1 aromatic heterocycles. The second-order valence-corrected chi connectivity index (χ2v) is 6.47. The molecule has 0 saturated carbocycles. The van der Waals surface area contributed by atoms with Crippen LogP contribution in [-0.2, 0) is 6.42 Å². The number of halogens is 1. The van der Waals surface area contributed by atoms with Crippen molar-refractivity contribution in [3.8, 4) is 0 Å². The minimum absolute atomic E-state index is 0.0239. The highest BCUT2D eigenvalue weighted by Crippen LogP contribution is 2.32.